The minimum atomic E-state index is -1.31. The zero-order chi connectivity index (χ0) is 22.7. The third-order valence-corrected chi connectivity index (χ3v) is 5.80. The molecule has 0 spiro atoms. The number of amides is 2. The fraction of sp³-hybridized carbons (Fsp3) is 0.318. The lowest BCUT2D eigenvalue weighted by atomic mass is 9.88. The van der Waals surface area contributed by atoms with Gasteiger partial charge in [0, 0.05) is 11.6 Å². The first kappa shape index (κ1) is 22.9. The average Bonchev–Trinajstić information content (AvgIpc) is 3.00. The molecule has 0 radical (unpaired) electrons. The molecule has 1 heterocycles. The highest BCUT2D eigenvalue weighted by atomic mass is 35.5. The van der Waals surface area contributed by atoms with E-state index >= 15 is 0 Å². The van der Waals surface area contributed by atoms with Crippen LogP contribution in [-0.2, 0) is 25.7 Å². The predicted molar refractivity (Wildman–Crippen MR) is 114 cm³/mol. The minimum absolute atomic E-state index is 0.0709. The number of carbonyl (C=O) groups excluding carboxylic acids is 3. The summed E-state index contributed by atoms with van der Waals surface area (Å²) in [5.74, 6) is -3.29. The topological polar surface area (TPSA) is 82.1 Å². The van der Waals surface area contributed by atoms with E-state index in [0.29, 0.717) is 27.6 Å². The Hall–Kier alpha value is -2.77. The van der Waals surface area contributed by atoms with Crippen LogP contribution in [0.25, 0.3) is 0 Å². The molecule has 9 heteroatoms. The van der Waals surface area contributed by atoms with Crippen LogP contribution < -0.4 is 9.47 Å². The van der Waals surface area contributed by atoms with E-state index in [-0.39, 0.29) is 18.2 Å². The number of benzene rings is 2. The highest BCUT2D eigenvalue weighted by molar-refractivity contribution is 6.42. The van der Waals surface area contributed by atoms with Crippen LogP contribution in [0.5, 0.6) is 11.5 Å². The van der Waals surface area contributed by atoms with Gasteiger partial charge in [-0.15, -0.1) is 0 Å². The molecule has 1 aliphatic heterocycles. The fourth-order valence-corrected chi connectivity index (χ4v) is 3.85. The Morgan fingerprint density at radius 1 is 1.00 bits per heavy atom. The summed E-state index contributed by atoms with van der Waals surface area (Å²) in [6, 6.07) is 9.64. The Balaban J connectivity index is 2.01. The largest absolute Gasteiger partial charge is 0.497 e. The second kappa shape index (κ2) is 9.58. The summed E-state index contributed by atoms with van der Waals surface area (Å²) >= 11 is 12.1. The number of nitrogens with zero attached hydrogens (tertiary/aromatic N) is 1. The summed E-state index contributed by atoms with van der Waals surface area (Å²) in [6.45, 7) is 1.64. The minimum Gasteiger partial charge on any atom is -0.497 e. The molecule has 7 nitrogen and oxygen atoms in total. The molecule has 1 saturated heterocycles. The van der Waals surface area contributed by atoms with Gasteiger partial charge >= 0.3 is 5.97 Å². The van der Waals surface area contributed by atoms with Gasteiger partial charge in [0.25, 0.3) is 0 Å². The average molecular weight is 466 g/mol. The lowest BCUT2D eigenvalue weighted by molar-refractivity contribution is -0.152. The van der Waals surface area contributed by atoms with E-state index in [1.165, 1.54) is 26.4 Å². The number of hydrogen-bond acceptors (Lipinski definition) is 6. The van der Waals surface area contributed by atoms with E-state index < -0.39 is 29.6 Å². The van der Waals surface area contributed by atoms with Crippen molar-refractivity contribution in [3.8, 4) is 11.5 Å². The monoisotopic (exact) mass is 465 g/mol. The molecule has 0 bridgehead atoms. The van der Waals surface area contributed by atoms with Crippen LogP contribution in [0.1, 0.15) is 24.0 Å². The Bertz CT molecular complexity index is 1030. The molecule has 3 rings (SSSR count). The summed E-state index contributed by atoms with van der Waals surface area (Å²) in [5.41, 5.74) is 0.998. The van der Waals surface area contributed by atoms with Crippen molar-refractivity contribution in [1.29, 1.82) is 0 Å². The Labute approximate surface area is 189 Å². The van der Waals surface area contributed by atoms with Crippen molar-refractivity contribution in [2.24, 2.45) is 5.92 Å². The van der Waals surface area contributed by atoms with Crippen LogP contribution in [0.3, 0.4) is 0 Å². The van der Waals surface area contributed by atoms with Crippen molar-refractivity contribution < 1.29 is 28.6 Å². The van der Waals surface area contributed by atoms with Gasteiger partial charge in [-0.3, -0.25) is 19.3 Å². The second-order valence-corrected chi connectivity index (χ2v) is 7.64. The van der Waals surface area contributed by atoms with Gasteiger partial charge in [0.15, 0.2) is 5.92 Å². The van der Waals surface area contributed by atoms with E-state index in [9.17, 15) is 14.4 Å². The van der Waals surface area contributed by atoms with Gasteiger partial charge in [0.2, 0.25) is 11.8 Å². The van der Waals surface area contributed by atoms with E-state index in [1.54, 1.807) is 31.2 Å². The smallest absolute Gasteiger partial charge is 0.319 e. The van der Waals surface area contributed by atoms with Crippen molar-refractivity contribution >= 4 is 41.0 Å². The van der Waals surface area contributed by atoms with Gasteiger partial charge in [-0.05, 0) is 36.8 Å². The summed E-state index contributed by atoms with van der Waals surface area (Å²) in [4.78, 5) is 40.1. The van der Waals surface area contributed by atoms with Gasteiger partial charge in [-0.1, -0.05) is 29.3 Å². The number of likely N-dealkylation sites (tertiary alicyclic amines) is 1. The Morgan fingerprint density at radius 3 is 2.35 bits per heavy atom. The van der Waals surface area contributed by atoms with Gasteiger partial charge in [0.05, 0.1) is 43.3 Å². The van der Waals surface area contributed by atoms with Gasteiger partial charge in [-0.2, -0.15) is 0 Å². The van der Waals surface area contributed by atoms with Crippen molar-refractivity contribution in [3.63, 3.8) is 0 Å². The molecule has 2 aromatic carbocycles. The van der Waals surface area contributed by atoms with E-state index in [1.807, 2.05) is 0 Å². The summed E-state index contributed by atoms with van der Waals surface area (Å²) in [7, 11) is 3.00. The van der Waals surface area contributed by atoms with E-state index in [4.69, 9.17) is 37.4 Å². The summed E-state index contributed by atoms with van der Waals surface area (Å²) < 4.78 is 15.6. The molecule has 2 unspecified atom stereocenters. The SMILES string of the molecule is CCOC(=O)C1C(=O)N(Cc2ccc(OC)cc2OC)C(=O)C1c1ccc(Cl)c(Cl)c1. The normalized spacial score (nSPS) is 18.3. The molecule has 0 aliphatic carbocycles. The number of esters is 1. The molecule has 2 atom stereocenters. The highest BCUT2D eigenvalue weighted by Crippen LogP contribution is 2.39. The third kappa shape index (κ3) is 4.48. The second-order valence-electron chi connectivity index (χ2n) is 6.82. The molecule has 31 heavy (non-hydrogen) atoms. The maximum Gasteiger partial charge on any atom is 0.319 e. The Kier molecular flexibility index (Phi) is 7.08. The maximum absolute atomic E-state index is 13.3. The summed E-state index contributed by atoms with van der Waals surface area (Å²) in [6.07, 6.45) is 0. The third-order valence-electron chi connectivity index (χ3n) is 5.06. The van der Waals surface area contributed by atoms with E-state index in [0.717, 1.165) is 4.90 Å². The van der Waals surface area contributed by atoms with Crippen LogP contribution >= 0.6 is 23.2 Å². The van der Waals surface area contributed by atoms with Gasteiger partial charge < -0.3 is 14.2 Å². The van der Waals surface area contributed by atoms with E-state index in [2.05, 4.69) is 0 Å². The first-order valence-corrected chi connectivity index (χ1v) is 10.3. The number of carbonyl (C=O) groups is 3. The van der Waals surface area contributed by atoms with Crippen molar-refractivity contribution in [2.45, 2.75) is 19.4 Å². The van der Waals surface area contributed by atoms with Crippen LogP contribution in [0.2, 0.25) is 10.0 Å². The molecule has 164 valence electrons. The maximum atomic E-state index is 13.3. The molecule has 0 saturated carbocycles. The van der Waals surface area contributed by atoms with Gasteiger partial charge in [0.1, 0.15) is 11.5 Å². The number of ether oxygens (including phenoxy) is 3. The molecule has 0 N–H and O–H groups in total. The lowest BCUT2D eigenvalue weighted by Crippen LogP contribution is -2.32. The van der Waals surface area contributed by atoms with Crippen LogP contribution in [0.15, 0.2) is 36.4 Å². The molecular formula is C22H21Cl2NO6. The quantitative estimate of drug-likeness (QED) is 0.351. The summed E-state index contributed by atoms with van der Waals surface area (Å²) in [5, 5.41) is 0.520. The standard InChI is InChI=1S/C22H21Cl2NO6/c1-4-31-22(28)19-18(12-6-8-15(23)16(24)9-12)20(26)25(21(19)27)11-13-5-7-14(29-2)10-17(13)30-3/h5-10,18-19H,4,11H2,1-3H3. The molecule has 2 amide bonds. The number of hydrogen-bond donors (Lipinski definition) is 0. The van der Waals surface area contributed by atoms with Crippen molar-refractivity contribution in [3.05, 3.63) is 57.6 Å². The molecule has 1 fully saturated rings. The number of halogens is 2. The molecular weight excluding hydrogens is 445 g/mol. The van der Waals surface area contributed by atoms with Crippen LogP contribution in [-0.4, -0.2) is 43.5 Å². The number of rotatable bonds is 7. The first-order valence-electron chi connectivity index (χ1n) is 9.50. The first-order chi connectivity index (χ1) is 14.8. The number of imide groups is 1. The zero-order valence-electron chi connectivity index (χ0n) is 17.2. The lowest BCUT2D eigenvalue weighted by Gasteiger charge is -2.17. The molecule has 0 aromatic heterocycles. The Morgan fingerprint density at radius 2 is 1.74 bits per heavy atom. The zero-order valence-corrected chi connectivity index (χ0v) is 18.7. The fourth-order valence-electron chi connectivity index (χ4n) is 3.55. The van der Waals surface area contributed by atoms with Crippen LogP contribution in [0.4, 0.5) is 0 Å². The van der Waals surface area contributed by atoms with Crippen LogP contribution in [0, 0.1) is 5.92 Å². The van der Waals surface area contributed by atoms with Crippen molar-refractivity contribution in [1.82, 2.24) is 4.90 Å². The highest BCUT2D eigenvalue weighted by Gasteiger charge is 2.53. The molecule has 1 aliphatic rings. The van der Waals surface area contributed by atoms with Crippen molar-refractivity contribution in [2.75, 3.05) is 20.8 Å². The van der Waals surface area contributed by atoms with Gasteiger partial charge in [-0.25, -0.2) is 0 Å². The number of methoxy groups -OCH3 is 2. The predicted octanol–water partition coefficient (Wildman–Crippen LogP) is 3.84. The molecule has 2 aromatic rings.